The molecule has 0 spiro atoms. The van der Waals surface area contributed by atoms with Gasteiger partial charge in [-0.25, -0.2) is 4.98 Å². The molecule has 0 aliphatic heterocycles. The number of ether oxygens (including phenoxy) is 1. The van der Waals surface area contributed by atoms with Crippen LogP contribution in [0, 0.1) is 19.8 Å². The van der Waals surface area contributed by atoms with Crippen LogP contribution in [0.2, 0.25) is 0 Å². The SMILES string of the molecule is COc1cncc(C(NC(=O)c2cc(C)nc3onc(C)c23)C2CC(O)C2)c1. The largest absolute Gasteiger partial charge is 0.495 e. The van der Waals surface area contributed by atoms with Gasteiger partial charge in [-0.2, -0.15) is 0 Å². The zero-order valence-electron chi connectivity index (χ0n) is 16.0. The van der Waals surface area contributed by atoms with Crippen LogP contribution in [-0.2, 0) is 0 Å². The molecular weight excluding hydrogens is 360 g/mol. The second kappa shape index (κ2) is 7.20. The van der Waals surface area contributed by atoms with Crippen LogP contribution in [0.15, 0.2) is 29.0 Å². The maximum atomic E-state index is 13.2. The van der Waals surface area contributed by atoms with Crippen LogP contribution in [0.3, 0.4) is 0 Å². The van der Waals surface area contributed by atoms with Crippen molar-refractivity contribution in [1.82, 2.24) is 20.4 Å². The second-order valence-corrected chi connectivity index (χ2v) is 7.25. The number of carbonyl (C=O) groups excluding carboxylic acids is 1. The van der Waals surface area contributed by atoms with E-state index in [1.807, 2.05) is 6.07 Å². The van der Waals surface area contributed by atoms with E-state index < -0.39 is 0 Å². The molecule has 146 valence electrons. The Labute approximate surface area is 161 Å². The van der Waals surface area contributed by atoms with Gasteiger partial charge in [0.2, 0.25) is 0 Å². The summed E-state index contributed by atoms with van der Waals surface area (Å²) in [6.07, 6.45) is 4.25. The highest BCUT2D eigenvalue weighted by atomic mass is 16.5. The number of rotatable bonds is 5. The zero-order chi connectivity index (χ0) is 19.8. The lowest BCUT2D eigenvalue weighted by atomic mass is 9.75. The maximum Gasteiger partial charge on any atom is 0.258 e. The van der Waals surface area contributed by atoms with E-state index in [0.717, 1.165) is 5.56 Å². The number of aromatic nitrogens is 3. The second-order valence-electron chi connectivity index (χ2n) is 7.25. The lowest BCUT2D eigenvalue weighted by molar-refractivity contribution is 0.0234. The van der Waals surface area contributed by atoms with E-state index in [9.17, 15) is 9.90 Å². The van der Waals surface area contributed by atoms with E-state index in [2.05, 4.69) is 20.4 Å². The van der Waals surface area contributed by atoms with Gasteiger partial charge in [0.25, 0.3) is 11.6 Å². The third-order valence-corrected chi connectivity index (χ3v) is 5.23. The normalized spacial score (nSPS) is 19.9. The van der Waals surface area contributed by atoms with Gasteiger partial charge in [0.1, 0.15) is 5.75 Å². The molecule has 1 aliphatic carbocycles. The van der Waals surface area contributed by atoms with E-state index in [1.54, 1.807) is 39.4 Å². The number of hydrogen-bond donors (Lipinski definition) is 2. The Bertz CT molecular complexity index is 1030. The first-order valence-corrected chi connectivity index (χ1v) is 9.17. The van der Waals surface area contributed by atoms with Gasteiger partial charge in [0.05, 0.1) is 42.1 Å². The van der Waals surface area contributed by atoms with Gasteiger partial charge < -0.3 is 19.7 Å². The highest BCUT2D eigenvalue weighted by Crippen LogP contribution is 2.39. The third-order valence-electron chi connectivity index (χ3n) is 5.23. The van der Waals surface area contributed by atoms with Crippen molar-refractivity contribution in [3.05, 3.63) is 47.0 Å². The van der Waals surface area contributed by atoms with Crippen LogP contribution in [0.25, 0.3) is 11.1 Å². The van der Waals surface area contributed by atoms with Gasteiger partial charge >= 0.3 is 0 Å². The lowest BCUT2D eigenvalue weighted by Gasteiger charge is -2.38. The number of aryl methyl sites for hydroxylation is 2. The fraction of sp³-hybridized carbons (Fsp3) is 0.400. The molecule has 2 N–H and O–H groups in total. The Morgan fingerprint density at radius 2 is 2.11 bits per heavy atom. The average Bonchev–Trinajstić information content (AvgIpc) is 3.03. The summed E-state index contributed by atoms with van der Waals surface area (Å²) in [5, 5.41) is 17.4. The minimum atomic E-state index is -0.335. The average molecular weight is 382 g/mol. The quantitative estimate of drug-likeness (QED) is 0.697. The van der Waals surface area contributed by atoms with Crippen molar-refractivity contribution in [2.75, 3.05) is 7.11 Å². The number of fused-ring (bicyclic) bond motifs is 1. The van der Waals surface area contributed by atoms with Gasteiger partial charge in [-0.05, 0) is 50.3 Å². The van der Waals surface area contributed by atoms with Crippen molar-refractivity contribution in [2.24, 2.45) is 5.92 Å². The summed E-state index contributed by atoms with van der Waals surface area (Å²) in [5.74, 6) is 0.500. The summed E-state index contributed by atoms with van der Waals surface area (Å²) in [6.45, 7) is 3.59. The minimum absolute atomic E-state index is 0.120. The van der Waals surface area contributed by atoms with Crippen LogP contribution in [0.5, 0.6) is 5.75 Å². The number of pyridine rings is 2. The first-order valence-electron chi connectivity index (χ1n) is 9.17. The molecule has 0 saturated heterocycles. The fourth-order valence-corrected chi connectivity index (χ4v) is 3.71. The van der Waals surface area contributed by atoms with Crippen molar-refractivity contribution in [1.29, 1.82) is 0 Å². The zero-order valence-corrected chi connectivity index (χ0v) is 16.0. The molecule has 28 heavy (non-hydrogen) atoms. The number of methoxy groups -OCH3 is 1. The molecule has 4 rings (SSSR count). The van der Waals surface area contributed by atoms with Crippen LogP contribution in [0.4, 0.5) is 0 Å². The molecular formula is C20H22N4O4. The molecule has 1 fully saturated rings. The smallest absolute Gasteiger partial charge is 0.258 e. The molecule has 1 aliphatic rings. The maximum absolute atomic E-state index is 13.2. The van der Waals surface area contributed by atoms with Crippen molar-refractivity contribution in [3.8, 4) is 5.75 Å². The van der Waals surface area contributed by atoms with Crippen LogP contribution in [-0.4, -0.2) is 39.4 Å². The van der Waals surface area contributed by atoms with Gasteiger partial charge in [0, 0.05) is 11.9 Å². The molecule has 0 bridgehead atoms. The summed E-state index contributed by atoms with van der Waals surface area (Å²) in [5.41, 5.74) is 2.95. The highest BCUT2D eigenvalue weighted by molar-refractivity contribution is 6.06. The fourth-order valence-electron chi connectivity index (χ4n) is 3.71. The molecule has 8 nitrogen and oxygen atoms in total. The molecule has 3 aromatic rings. The van der Waals surface area contributed by atoms with Crippen molar-refractivity contribution >= 4 is 17.0 Å². The van der Waals surface area contributed by atoms with E-state index in [-0.39, 0.29) is 24.0 Å². The number of carbonyl (C=O) groups is 1. The van der Waals surface area contributed by atoms with Gasteiger partial charge in [0.15, 0.2) is 0 Å². The Hall–Kier alpha value is -3.00. The third kappa shape index (κ3) is 3.31. The summed E-state index contributed by atoms with van der Waals surface area (Å²) >= 11 is 0. The molecule has 1 atom stereocenters. The molecule has 0 radical (unpaired) electrons. The highest BCUT2D eigenvalue weighted by Gasteiger charge is 2.36. The molecule has 0 aromatic carbocycles. The van der Waals surface area contributed by atoms with E-state index >= 15 is 0 Å². The van der Waals surface area contributed by atoms with Gasteiger partial charge in [-0.3, -0.25) is 9.78 Å². The Kier molecular flexibility index (Phi) is 4.72. The number of aliphatic hydroxyl groups is 1. The summed E-state index contributed by atoms with van der Waals surface area (Å²) < 4.78 is 10.5. The van der Waals surface area contributed by atoms with Crippen LogP contribution < -0.4 is 10.1 Å². The number of amides is 1. The molecule has 3 heterocycles. The molecule has 1 unspecified atom stereocenters. The predicted octanol–water partition coefficient (Wildman–Crippen LogP) is 2.49. The number of aliphatic hydroxyl groups excluding tert-OH is 1. The van der Waals surface area contributed by atoms with E-state index in [4.69, 9.17) is 9.26 Å². The Morgan fingerprint density at radius 3 is 2.82 bits per heavy atom. The first kappa shape index (κ1) is 18.4. The summed E-state index contributed by atoms with van der Waals surface area (Å²) in [4.78, 5) is 21.7. The van der Waals surface area contributed by atoms with Crippen LogP contribution >= 0.6 is 0 Å². The monoisotopic (exact) mass is 382 g/mol. The Morgan fingerprint density at radius 1 is 1.32 bits per heavy atom. The van der Waals surface area contributed by atoms with Gasteiger partial charge in [-0.1, -0.05) is 5.16 Å². The summed E-state index contributed by atoms with van der Waals surface area (Å²) in [7, 11) is 1.58. The van der Waals surface area contributed by atoms with Crippen molar-refractivity contribution < 1.29 is 19.2 Å². The number of nitrogens with zero attached hydrogens (tertiary/aromatic N) is 3. The number of nitrogens with one attached hydrogen (secondary N) is 1. The number of hydrogen-bond acceptors (Lipinski definition) is 7. The predicted molar refractivity (Wildman–Crippen MR) is 101 cm³/mol. The van der Waals surface area contributed by atoms with Crippen molar-refractivity contribution in [2.45, 2.75) is 38.8 Å². The van der Waals surface area contributed by atoms with Gasteiger partial charge in [-0.15, -0.1) is 0 Å². The summed E-state index contributed by atoms with van der Waals surface area (Å²) in [6, 6.07) is 3.31. The van der Waals surface area contributed by atoms with E-state index in [1.165, 1.54) is 0 Å². The minimum Gasteiger partial charge on any atom is -0.495 e. The topological polar surface area (TPSA) is 110 Å². The lowest BCUT2D eigenvalue weighted by Crippen LogP contribution is -2.41. The molecule has 1 saturated carbocycles. The molecule has 3 aromatic heterocycles. The van der Waals surface area contributed by atoms with E-state index in [0.29, 0.717) is 46.6 Å². The van der Waals surface area contributed by atoms with Crippen molar-refractivity contribution in [3.63, 3.8) is 0 Å². The molecule has 8 heteroatoms. The molecule has 1 amide bonds. The Balaban J connectivity index is 1.69. The standard InChI is InChI=1S/C20H22N4O4/c1-10-4-16(17-11(2)24-28-20(17)22-10)19(26)23-18(12-5-14(25)6-12)13-7-15(27-3)9-21-8-13/h4,7-9,12,14,18,25H,5-6H2,1-3H3,(H,23,26). The van der Waals surface area contributed by atoms with Crippen LogP contribution in [0.1, 0.15) is 46.2 Å². The first-order chi connectivity index (χ1) is 13.5.